The lowest BCUT2D eigenvalue weighted by atomic mass is 9.93. The first kappa shape index (κ1) is 13.0. The number of carbonyl (C=O) groups excluding carboxylic acids is 1. The third-order valence-electron chi connectivity index (χ3n) is 3.25. The Bertz CT molecular complexity index is 459. The van der Waals surface area contributed by atoms with E-state index in [9.17, 15) is 9.18 Å². The Kier molecular flexibility index (Phi) is 3.39. The van der Waals surface area contributed by atoms with Crippen molar-refractivity contribution in [3.8, 4) is 0 Å². The predicted octanol–water partition coefficient (Wildman–Crippen LogP) is 2.18. The van der Waals surface area contributed by atoms with E-state index in [1.54, 1.807) is 23.1 Å². The van der Waals surface area contributed by atoms with E-state index in [1.807, 2.05) is 6.92 Å². The fraction of sp³-hybridized carbons (Fsp3) is 0.500. The molecule has 3 nitrogen and oxygen atoms in total. The maximum absolute atomic E-state index is 13.8. The standard InChI is InChI=1S/C14H19FN2O/c1-10-13(18)17(9-14(2,3)8-16-10)12-7-5-4-6-11(12)15/h4-7,10,16H,8-9H2,1-3H3. The number of halogens is 1. The molecule has 4 heteroatoms. The number of rotatable bonds is 1. The van der Waals surface area contributed by atoms with Crippen LogP contribution in [-0.2, 0) is 4.79 Å². The number of para-hydroxylation sites is 1. The maximum atomic E-state index is 13.8. The van der Waals surface area contributed by atoms with Crippen molar-refractivity contribution < 1.29 is 9.18 Å². The molecule has 0 spiro atoms. The molecule has 2 rings (SSSR count). The zero-order valence-corrected chi connectivity index (χ0v) is 11.0. The van der Waals surface area contributed by atoms with Crippen LogP contribution in [0.2, 0.25) is 0 Å². The van der Waals surface area contributed by atoms with Crippen molar-refractivity contribution >= 4 is 11.6 Å². The Balaban J connectivity index is 2.40. The molecule has 1 saturated heterocycles. The number of benzene rings is 1. The zero-order chi connectivity index (χ0) is 13.3. The van der Waals surface area contributed by atoms with Gasteiger partial charge in [0.05, 0.1) is 11.7 Å². The van der Waals surface area contributed by atoms with E-state index in [2.05, 4.69) is 19.2 Å². The lowest BCUT2D eigenvalue weighted by Crippen LogP contribution is -2.42. The Hall–Kier alpha value is -1.42. The fourth-order valence-corrected chi connectivity index (χ4v) is 2.19. The van der Waals surface area contributed by atoms with Gasteiger partial charge in [-0.3, -0.25) is 4.79 Å². The summed E-state index contributed by atoms with van der Waals surface area (Å²) in [7, 11) is 0. The van der Waals surface area contributed by atoms with Crippen LogP contribution < -0.4 is 10.2 Å². The minimum absolute atomic E-state index is 0.0781. The number of anilines is 1. The Morgan fingerprint density at radius 3 is 2.72 bits per heavy atom. The number of carbonyl (C=O) groups is 1. The van der Waals surface area contributed by atoms with Crippen LogP contribution in [0.4, 0.5) is 10.1 Å². The average Bonchev–Trinajstić information content (AvgIpc) is 2.42. The van der Waals surface area contributed by atoms with Gasteiger partial charge in [0.1, 0.15) is 5.82 Å². The van der Waals surface area contributed by atoms with Gasteiger partial charge >= 0.3 is 0 Å². The van der Waals surface area contributed by atoms with Gasteiger partial charge in [-0.2, -0.15) is 0 Å². The van der Waals surface area contributed by atoms with Gasteiger partial charge in [-0.1, -0.05) is 26.0 Å². The van der Waals surface area contributed by atoms with Crippen LogP contribution in [0.1, 0.15) is 20.8 Å². The molecule has 1 aliphatic heterocycles. The molecule has 1 fully saturated rings. The second-order valence-electron chi connectivity index (χ2n) is 5.64. The van der Waals surface area contributed by atoms with E-state index in [0.29, 0.717) is 12.2 Å². The van der Waals surface area contributed by atoms with Crippen LogP contribution in [0.15, 0.2) is 24.3 Å². The topological polar surface area (TPSA) is 32.3 Å². The van der Waals surface area contributed by atoms with Crippen LogP contribution in [0.5, 0.6) is 0 Å². The molecule has 1 atom stereocenters. The Morgan fingerprint density at radius 1 is 1.39 bits per heavy atom. The van der Waals surface area contributed by atoms with Crippen LogP contribution in [0.3, 0.4) is 0 Å². The smallest absolute Gasteiger partial charge is 0.243 e. The minimum Gasteiger partial charge on any atom is -0.308 e. The lowest BCUT2D eigenvalue weighted by Gasteiger charge is -2.29. The molecule has 0 radical (unpaired) electrons. The van der Waals surface area contributed by atoms with Gasteiger partial charge in [0.25, 0.3) is 0 Å². The molecule has 1 aromatic rings. The first-order chi connectivity index (χ1) is 8.41. The number of nitrogens with one attached hydrogen (secondary N) is 1. The summed E-state index contributed by atoms with van der Waals surface area (Å²) in [5.74, 6) is -0.429. The van der Waals surface area contributed by atoms with E-state index >= 15 is 0 Å². The second kappa shape index (κ2) is 4.69. The van der Waals surface area contributed by atoms with Crippen molar-refractivity contribution in [3.05, 3.63) is 30.1 Å². The number of amides is 1. The highest BCUT2D eigenvalue weighted by Gasteiger charge is 2.33. The molecular weight excluding hydrogens is 231 g/mol. The van der Waals surface area contributed by atoms with Gasteiger partial charge in [0, 0.05) is 13.1 Å². The van der Waals surface area contributed by atoms with Crippen LogP contribution in [0, 0.1) is 11.2 Å². The summed E-state index contributed by atoms with van der Waals surface area (Å²) in [6.07, 6.45) is 0. The van der Waals surface area contributed by atoms with Crippen molar-refractivity contribution in [3.63, 3.8) is 0 Å². The summed E-state index contributed by atoms with van der Waals surface area (Å²) in [5.41, 5.74) is 0.286. The van der Waals surface area contributed by atoms with E-state index in [4.69, 9.17) is 0 Å². The monoisotopic (exact) mass is 250 g/mol. The van der Waals surface area contributed by atoms with Crippen molar-refractivity contribution in [1.82, 2.24) is 5.32 Å². The largest absolute Gasteiger partial charge is 0.308 e. The van der Waals surface area contributed by atoms with Crippen LogP contribution in [0.25, 0.3) is 0 Å². The summed E-state index contributed by atoms with van der Waals surface area (Å²) < 4.78 is 13.8. The Labute approximate surface area is 107 Å². The lowest BCUT2D eigenvalue weighted by molar-refractivity contribution is -0.119. The number of hydrogen-bond acceptors (Lipinski definition) is 2. The molecule has 0 aliphatic carbocycles. The molecule has 0 saturated carbocycles. The molecule has 1 N–H and O–H groups in total. The third kappa shape index (κ3) is 2.53. The highest BCUT2D eigenvalue weighted by molar-refractivity contribution is 5.97. The summed E-state index contributed by atoms with van der Waals surface area (Å²) in [6, 6.07) is 6.14. The van der Waals surface area contributed by atoms with Gasteiger partial charge < -0.3 is 10.2 Å². The fourth-order valence-electron chi connectivity index (χ4n) is 2.19. The first-order valence-electron chi connectivity index (χ1n) is 6.20. The molecule has 1 heterocycles. The first-order valence-corrected chi connectivity index (χ1v) is 6.20. The molecule has 1 aliphatic rings. The summed E-state index contributed by atoms with van der Waals surface area (Å²) in [4.78, 5) is 13.8. The quantitative estimate of drug-likeness (QED) is 0.828. The number of hydrogen-bond donors (Lipinski definition) is 1. The number of nitrogens with zero attached hydrogens (tertiary/aromatic N) is 1. The van der Waals surface area contributed by atoms with Gasteiger partial charge in [-0.25, -0.2) is 4.39 Å². The summed E-state index contributed by atoms with van der Waals surface area (Å²) in [5, 5.41) is 3.19. The van der Waals surface area contributed by atoms with Crippen molar-refractivity contribution in [2.45, 2.75) is 26.8 Å². The van der Waals surface area contributed by atoms with E-state index < -0.39 is 0 Å². The maximum Gasteiger partial charge on any atom is 0.243 e. The van der Waals surface area contributed by atoms with Gasteiger partial charge in [0.2, 0.25) is 5.91 Å². The molecule has 1 amide bonds. The Morgan fingerprint density at radius 2 is 2.06 bits per heavy atom. The van der Waals surface area contributed by atoms with E-state index in [1.165, 1.54) is 6.07 Å². The minimum atomic E-state index is -0.351. The zero-order valence-electron chi connectivity index (χ0n) is 11.0. The van der Waals surface area contributed by atoms with Crippen molar-refractivity contribution in [2.24, 2.45) is 5.41 Å². The summed E-state index contributed by atoms with van der Waals surface area (Å²) >= 11 is 0. The van der Waals surface area contributed by atoms with E-state index in [-0.39, 0.29) is 23.2 Å². The van der Waals surface area contributed by atoms with Crippen LogP contribution >= 0.6 is 0 Å². The summed E-state index contributed by atoms with van der Waals surface area (Å²) in [6.45, 7) is 7.21. The van der Waals surface area contributed by atoms with Gasteiger partial charge in [-0.05, 0) is 24.5 Å². The van der Waals surface area contributed by atoms with Gasteiger partial charge in [0.15, 0.2) is 0 Å². The molecule has 1 aromatic carbocycles. The normalized spacial score (nSPS) is 23.9. The van der Waals surface area contributed by atoms with Crippen molar-refractivity contribution in [1.29, 1.82) is 0 Å². The highest BCUT2D eigenvalue weighted by atomic mass is 19.1. The van der Waals surface area contributed by atoms with E-state index in [0.717, 1.165) is 6.54 Å². The third-order valence-corrected chi connectivity index (χ3v) is 3.25. The highest BCUT2D eigenvalue weighted by Crippen LogP contribution is 2.27. The molecule has 0 aromatic heterocycles. The molecule has 98 valence electrons. The molecular formula is C14H19FN2O. The molecule has 18 heavy (non-hydrogen) atoms. The van der Waals surface area contributed by atoms with Crippen LogP contribution in [-0.4, -0.2) is 25.0 Å². The SMILES string of the molecule is CC1NCC(C)(C)CN(c2ccccc2F)C1=O. The average molecular weight is 250 g/mol. The van der Waals surface area contributed by atoms with Gasteiger partial charge in [-0.15, -0.1) is 0 Å². The second-order valence-corrected chi connectivity index (χ2v) is 5.64. The van der Waals surface area contributed by atoms with Crippen molar-refractivity contribution in [2.75, 3.05) is 18.0 Å². The predicted molar refractivity (Wildman–Crippen MR) is 70.0 cm³/mol. The molecule has 1 unspecified atom stereocenters. The molecule has 0 bridgehead atoms.